The van der Waals surface area contributed by atoms with E-state index in [9.17, 15) is 14.4 Å². The fourth-order valence-corrected chi connectivity index (χ4v) is 3.36. The number of aryl methyl sites for hydroxylation is 1. The number of imide groups is 1. The van der Waals surface area contributed by atoms with Crippen molar-refractivity contribution >= 4 is 17.6 Å². The number of aromatic nitrogens is 2. The first-order valence-corrected chi connectivity index (χ1v) is 8.58. The minimum Gasteiger partial charge on any atom is -0.319 e. The Morgan fingerprint density at radius 2 is 1.81 bits per heavy atom. The van der Waals surface area contributed by atoms with Crippen molar-refractivity contribution in [3.63, 3.8) is 0 Å². The highest BCUT2D eigenvalue weighted by atomic mass is 16.2. The van der Waals surface area contributed by atoms with Crippen molar-refractivity contribution in [1.82, 2.24) is 19.6 Å². The van der Waals surface area contributed by atoms with Crippen molar-refractivity contribution in [3.05, 3.63) is 81.9 Å². The van der Waals surface area contributed by atoms with Crippen LogP contribution < -0.4 is 10.9 Å². The van der Waals surface area contributed by atoms with Gasteiger partial charge >= 0.3 is 6.03 Å². The fraction of sp³-hybridized carbons (Fsp3) is 0.200. The highest BCUT2D eigenvalue weighted by Crippen LogP contribution is 2.29. The summed E-state index contributed by atoms with van der Waals surface area (Å²) in [7, 11) is 0. The number of amides is 3. The van der Waals surface area contributed by atoms with E-state index in [1.54, 1.807) is 31.3 Å². The van der Waals surface area contributed by atoms with Crippen LogP contribution >= 0.6 is 0 Å². The summed E-state index contributed by atoms with van der Waals surface area (Å²) in [5, 5.41) is 2.76. The van der Waals surface area contributed by atoms with Gasteiger partial charge < -0.3 is 5.32 Å². The van der Waals surface area contributed by atoms with E-state index in [1.807, 2.05) is 31.2 Å². The van der Waals surface area contributed by atoms with E-state index in [0.717, 1.165) is 10.5 Å². The number of rotatable bonds is 3. The van der Waals surface area contributed by atoms with Crippen LogP contribution in [0.1, 0.15) is 23.7 Å². The lowest BCUT2D eigenvalue weighted by molar-refractivity contribution is -0.131. The van der Waals surface area contributed by atoms with Crippen LogP contribution in [0, 0.1) is 6.92 Å². The van der Waals surface area contributed by atoms with Gasteiger partial charge in [-0.3, -0.25) is 18.9 Å². The van der Waals surface area contributed by atoms with E-state index >= 15 is 0 Å². The Kier molecular flexibility index (Phi) is 3.80. The quantitative estimate of drug-likeness (QED) is 0.722. The highest BCUT2D eigenvalue weighted by molar-refractivity contribution is 6.07. The molecule has 7 heteroatoms. The molecule has 3 heterocycles. The lowest BCUT2D eigenvalue weighted by Gasteiger charge is -2.22. The molecule has 1 aromatic carbocycles. The number of hydrogen-bond acceptors (Lipinski definition) is 4. The Bertz CT molecular complexity index is 1120. The molecule has 0 saturated carbocycles. The molecule has 1 N–H and O–H groups in total. The predicted octanol–water partition coefficient (Wildman–Crippen LogP) is 1.97. The Hall–Kier alpha value is -3.48. The zero-order valence-corrected chi connectivity index (χ0v) is 15.0. The second-order valence-electron chi connectivity index (χ2n) is 6.78. The molecule has 27 heavy (non-hydrogen) atoms. The van der Waals surface area contributed by atoms with Crippen molar-refractivity contribution in [1.29, 1.82) is 0 Å². The summed E-state index contributed by atoms with van der Waals surface area (Å²) in [5.41, 5.74) is 1.03. The summed E-state index contributed by atoms with van der Waals surface area (Å²) in [6.45, 7) is 3.47. The SMILES string of the molecule is Cc1cccn2c(=O)cc(CN3C(=O)N[C@@](C)(c4ccccc4)C3=O)nc12. The summed E-state index contributed by atoms with van der Waals surface area (Å²) >= 11 is 0. The molecule has 1 saturated heterocycles. The molecule has 0 aliphatic carbocycles. The normalized spacial score (nSPS) is 19.6. The number of carbonyl (C=O) groups is 2. The topological polar surface area (TPSA) is 83.8 Å². The summed E-state index contributed by atoms with van der Waals surface area (Å²) in [5.74, 6) is -0.370. The molecule has 1 atom stereocenters. The third-order valence-electron chi connectivity index (χ3n) is 4.89. The second-order valence-corrected chi connectivity index (χ2v) is 6.78. The van der Waals surface area contributed by atoms with E-state index in [1.165, 1.54) is 10.5 Å². The largest absolute Gasteiger partial charge is 0.325 e. The number of fused-ring (bicyclic) bond motifs is 1. The lowest BCUT2D eigenvalue weighted by atomic mass is 9.92. The molecular formula is C20H18N4O3. The molecule has 2 aromatic heterocycles. The van der Waals surface area contributed by atoms with Gasteiger partial charge in [0.1, 0.15) is 11.2 Å². The molecule has 0 unspecified atom stereocenters. The van der Waals surface area contributed by atoms with Crippen LogP contribution in [0.3, 0.4) is 0 Å². The maximum Gasteiger partial charge on any atom is 0.325 e. The first-order valence-electron chi connectivity index (χ1n) is 8.58. The van der Waals surface area contributed by atoms with Crippen LogP contribution in [0.2, 0.25) is 0 Å². The maximum atomic E-state index is 13.0. The van der Waals surface area contributed by atoms with Crippen LogP contribution in [-0.4, -0.2) is 26.2 Å². The third kappa shape index (κ3) is 2.68. The number of pyridine rings is 1. The van der Waals surface area contributed by atoms with Crippen LogP contribution in [0.4, 0.5) is 4.79 Å². The van der Waals surface area contributed by atoms with Gasteiger partial charge in [0.15, 0.2) is 0 Å². The molecule has 7 nitrogen and oxygen atoms in total. The van der Waals surface area contributed by atoms with Crippen LogP contribution in [0.15, 0.2) is 59.5 Å². The van der Waals surface area contributed by atoms with Crippen molar-refractivity contribution in [2.24, 2.45) is 0 Å². The summed E-state index contributed by atoms with van der Waals surface area (Å²) in [6.07, 6.45) is 1.64. The number of carbonyl (C=O) groups excluding carboxylic acids is 2. The molecule has 0 bridgehead atoms. The van der Waals surface area contributed by atoms with E-state index in [0.29, 0.717) is 16.9 Å². The monoisotopic (exact) mass is 362 g/mol. The van der Waals surface area contributed by atoms with E-state index in [-0.39, 0.29) is 18.0 Å². The third-order valence-corrected chi connectivity index (χ3v) is 4.89. The molecule has 3 aromatic rings. The van der Waals surface area contributed by atoms with Gasteiger partial charge in [0.2, 0.25) is 0 Å². The lowest BCUT2D eigenvalue weighted by Crippen LogP contribution is -2.40. The minimum atomic E-state index is -1.14. The first kappa shape index (κ1) is 17.0. The van der Waals surface area contributed by atoms with Gasteiger partial charge in [0, 0.05) is 12.3 Å². The molecule has 0 spiro atoms. The highest BCUT2D eigenvalue weighted by Gasteiger charge is 2.48. The van der Waals surface area contributed by atoms with Gasteiger partial charge in [-0.15, -0.1) is 0 Å². The minimum absolute atomic E-state index is 0.0623. The number of hydrogen-bond donors (Lipinski definition) is 1. The van der Waals surface area contributed by atoms with Gasteiger partial charge in [-0.1, -0.05) is 36.4 Å². The van der Waals surface area contributed by atoms with Crippen molar-refractivity contribution in [2.45, 2.75) is 25.9 Å². The predicted molar refractivity (Wildman–Crippen MR) is 99.1 cm³/mol. The Labute approximate surface area is 155 Å². The van der Waals surface area contributed by atoms with E-state index in [4.69, 9.17) is 0 Å². The number of nitrogens with one attached hydrogen (secondary N) is 1. The van der Waals surface area contributed by atoms with E-state index < -0.39 is 11.6 Å². The molecule has 0 radical (unpaired) electrons. The number of urea groups is 1. The summed E-state index contributed by atoms with van der Waals surface area (Å²) in [6, 6.07) is 13.6. The fourth-order valence-electron chi connectivity index (χ4n) is 3.36. The average molecular weight is 362 g/mol. The number of nitrogens with zero attached hydrogens (tertiary/aromatic N) is 3. The van der Waals surface area contributed by atoms with Gasteiger partial charge in [-0.2, -0.15) is 0 Å². The molecule has 3 amide bonds. The summed E-state index contributed by atoms with van der Waals surface area (Å²) < 4.78 is 1.44. The van der Waals surface area contributed by atoms with Crippen molar-refractivity contribution < 1.29 is 9.59 Å². The van der Waals surface area contributed by atoms with Crippen LogP contribution in [0.5, 0.6) is 0 Å². The second kappa shape index (κ2) is 6.05. The standard InChI is InChI=1S/C20H18N4O3/c1-13-7-6-10-23-16(25)11-15(21-17(13)23)12-24-18(26)20(2,22-19(24)27)14-8-4-3-5-9-14/h3-11H,12H2,1-2H3,(H,22,27)/t20-/m0/s1. The molecule has 1 aliphatic rings. The van der Waals surface area contributed by atoms with Crippen LogP contribution in [0.25, 0.3) is 5.65 Å². The Balaban J connectivity index is 1.70. The first-order chi connectivity index (χ1) is 12.9. The Morgan fingerprint density at radius 1 is 1.07 bits per heavy atom. The molecule has 4 rings (SSSR count). The van der Waals surface area contributed by atoms with Crippen molar-refractivity contribution in [3.8, 4) is 0 Å². The average Bonchev–Trinajstić information content (AvgIpc) is 2.88. The molecular weight excluding hydrogens is 344 g/mol. The zero-order chi connectivity index (χ0) is 19.2. The molecule has 1 fully saturated rings. The van der Waals surface area contributed by atoms with E-state index in [2.05, 4.69) is 10.3 Å². The maximum absolute atomic E-state index is 13.0. The van der Waals surface area contributed by atoms with Crippen molar-refractivity contribution in [2.75, 3.05) is 0 Å². The Morgan fingerprint density at radius 3 is 2.56 bits per heavy atom. The van der Waals surface area contributed by atoms with Gasteiger partial charge in [0.05, 0.1) is 12.2 Å². The zero-order valence-electron chi connectivity index (χ0n) is 15.0. The summed E-state index contributed by atoms with van der Waals surface area (Å²) in [4.78, 5) is 43.4. The van der Waals surface area contributed by atoms with Crippen LogP contribution in [-0.2, 0) is 16.9 Å². The molecule has 1 aliphatic heterocycles. The molecule has 136 valence electrons. The van der Waals surface area contributed by atoms with Gasteiger partial charge in [-0.25, -0.2) is 9.78 Å². The number of benzene rings is 1. The van der Waals surface area contributed by atoms with Gasteiger partial charge in [0.25, 0.3) is 11.5 Å². The van der Waals surface area contributed by atoms with Gasteiger partial charge in [-0.05, 0) is 31.0 Å². The smallest absolute Gasteiger partial charge is 0.319 e.